The highest BCUT2D eigenvalue weighted by Gasteiger charge is 2.06. The zero-order valence-electron chi connectivity index (χ0n) is 10.9. The first kappa shape index (κ1) is 15.4. The van der Waals surface area contributed by atoms with Crippen LogP contribution in [0.15, 0.2) is 34.1 Å². The van der Waals surface area contributed by atoms with Gasteiger partial charge in [0.15, 0.2) is 0 Å². The van der Waals surface area contributed by atoms with Gasteiger partial charge in [0.05, 0.1) is 17.3 Å². The van der Waals surface area contributed by atoms with E-state index < -0.39 is 0 Å². The molecule has 0 saturated carbocycles. The standard InChI is InChI=1S/C14H14BrClN2OS/c1-2-14(19)18-9-3-4-11(16)12(7-9)17-8-13-10(15)5-6-20-13/h3-7,17H,2,8H2,1H3,(H,18,19). The fourth-order valence-corrected chi connectivity index (χ4v) is 3.23. The largest absolute Gasteiger partial charge is 0.379 e. The molecule has 0 unspecified atom stereocenters. The predicted octanol–water partition coefficient (Wildman–Crippen LogP) is 5.12. The van der Waals surface area contributed by atoms with Crippen LogP contribution < -0.4 is 10.6 Å². The van der Waals surface area contributed by atoms with Crippen molar-refractivity contribution in [2.75, 3.05) is 10.6 Å². The number of carbonyl (C=O) groups is 1. The van der Waals surface area contributed by atoms with Gasteiger partial charge in [-0.25, -0.2) is 0 Å². The van der Waals surface area contributed by atoms with Gasteiger partial charge in [-0.3, -0.25) is 4.79 Å². The van der Waals surface area contributed by atoms with E-state index in [1.54, 1.807) is 23.5 Å². The molecule has 0 fully saturated rings. The van der Waals surface area contributed by atoms with Gasteiger partial charge in [0.25, 0.3) is 0 Å². The Bertz CT molecular complexity index is 615. The number of amides is 1. The zero-order valence-corrected chi connectivity index (χ0v) is 14.0. The molecule has 3 nitrogen and oxygen atoms in total. The molecule has 1 aromatic heterocycles. The van der Waals surface area contributed by atoms with E-state index in [1.165, 1.54) is 4.88 Å². The lowest BCUT2D eigenvalue weighted by Gasteiger charge is -2.11. The Morgan fingerprint density at radius 2 is 2.20 bits per heavy atom. The van der Waals surface area contributed by atoms with E-state index in [1.807, 2.05) is 24.4 Å². The Morgan fingerprint density at radius 3 is 2.85 bits per heavy atom. The molecule has 0 atom stereocenters. The quantitative estimate of drug-likeness (QED) is 0.763. The van der Waals surface area contributed by atoms with Gasteiger partial charge < -0.3 is 10.6 Å². The number of benzene rings is 1. The molecule has 0 bridgehead atoms. The van der Waals surface area contributed by atoms with Crippen molar-refractivity contribution in [1.82, 2.24) is 0 Å². The lowest BCUT2D eigenvalue weighted by molar-refractivity contribution is -0.115. The maximum Gasteiger partial charge on any atom is 0.224 e. The van der Waals surface area contributed by atoms with E-state index in [2.05, 4.69) is 26.6 Å². The van der Waals surface area contributed by atoms with E-state index in [4.69, 9.17) is 11.6 Å². The Morgan fingerprint density at radius 1 is 1.40 bits per heavy atom. The third kappa shape index (κ3) is 3.98. The lowest BCUT2D eigenvalue weighted by Crippen LogP contribution is -2.09. The second kappa shape index (κ2) is 7.11. The van der Waals surface area contributed by atoms with Crippen LogP contribution >= 0.6 is 38.9 Å². The molecule has 106 valence electrons. The molecule has 2 N–H and O–H groups in total. The molecule has 2 aromatic rings. The highest BCUT2D eigenvalue weighted by atomic mass is 79.9. The first-order valence-corrected chi connectivity index (χ1v) is 8.20. The summed E-state index contributed by atoms with van der Waals surface area (Å²) in [5, 5.41) is 8.76. The third-order valence-corrected chi connectivity index (χ3v) is 4.96. The molecule has 2 rings (SSSR count). The molecule has 20 heavy (non-hydrogen) atoms. The van der Waals surface area contributed by atoms with Crippen molar-refractivity contribution in [3.63, 3.8) is 0 Å². The van der Waals surface area contributed by atoms with E-state index in [9.17, 15) is 4.79 Å². The highest BCUT2D eigenvalue weighted by molar-refractivity contribution is 9.10. The average molecular weight is 374 g/mol. The molecule has 1 heterocycles. The average Bonchev–Trinajstić information content (AvgIpc) is 2.84. The van der Waals surface area contributed by atoms with Crippen molar-refractivity contribution in [3.8, 4) is 0 Å². The van der Waals surface area contributed by atoms with Crippen LogP contribution in [0.3, 0.4) is 0 Å². The maximum atomic E-state index is 11.4. The second-order valence-electron chi connectivity index (χ2n) is 4.14. The molecule has 0 spiro atoms. The van der Waals surface area contributed by atoms with Gasteiger partial charge in [0, 0.05) is 21.5 Å². The number of hydrogen-bond donors (Lipinski definition) is 2. The fourth-order valence-electron chi connectivity index (χ4n) is 1.61. The van der Waals surface area contributed by atoms with Crippen molar-refractivity contribution in [2.24, 2.45) is 0 Å². The topological polar surface area (TPSA) is 41.1 Å². The Balaban J connectivity index is 2.08. The summed E-state index contributed by atoms with van der Waals surface area (Å²) in [6.07, 6.45) is 0.452. The highest BCUT2D eigenvalue weighted by Crippen LogP contribution is 2.28. The number of nitrogens with one attached hydrogen (secondary N) is 2. The van der Waals surface area contributed by atoms with Crippen LogP contribution in [0, 0.1) is 0 Å². The Labute approximate surface area is 135 Å². The number of carbonyl (C=O) groups excluding carboxylic acids is 1. The smallest absolute Gasteiger partial charge is 0.224 e. The van der Waals surface area contributed by atoms with Crippen LogP contribution in [0.2, 0.25) is 5.02 Å². The lowest BCUT2D eigenvalue weighted by atomic mass is 10.2. The van der Waals surface area contributed by atoms with E-state index >= 15 is 0 Å². The van der Waals surface area contributed by atoms with Crippen LogP contribution in [0.1, 0.15) is 18.2 Å². The van der Waals surface area contributed by atoms with Crippen molar-refractivity contribution in [1.29, 1.82) is 0 Å². The summed E-state index contributed by atoms with van der Waals surface area (Å²) in [5.41, 5.74) is 1.55. The second-order valence-corrected chi connectivity index (χ2v) is 6.40. The first-order chi connectivity index (χ1) is 9.60. The first-order valence-electron chi connectivity index (χ1n) is 6.15. The van der Waals surface area contributed by atoms with Crippen molar-refractivity contribution in [2.45, 2.75) is 19.9 Å². The van der Waals surface area contributed by atoms with Gasteiger partial charge in [0.1, 0.15) is 0 Å². The number of halogens is 2. The summed E-state index contributed by atoms with van der Waals surface area (Å²) in [6.45, 7) is 2.50. The molecule has 0 radical (unpaired) electrons. The molecular formula is C14H14BrClN2OS. The molecule has 1 aromatic carbocycles. The van der Waals surface area contributed by atoms with Crippen LogP contribution in [-0.2, 0) is 11.3 Å². The van der Waals surface area contributed by atoms with Gasteiger partial charge in [-0.15, -0.1) is 11.3 Å². The van der Waals surface area contributed by atoms with Crippen molar-refractivity contribution < 1.29 is 4.79 Å². The summed E-state index contributed by atoms with van der Waals surface area (Å²) >= 11 is 11.3. The van der Waals surface area contributed by atoms with Gasteiger partial charge in [0.2, 0.25) is 5.91 Å². The van der Waals surface area contributed by atoms with Crippen molar-refractivity contribution >= 4 is 56.1 Å². The maximum absolute atomic E-state index is 11.4. The molecule has 0 aliphatic carbocycles. The van der Waals surface area contributed by atoms with Gasteiger partial charge >= 0.3 is 0 Å². The van der Waals surface area contributed by atoms with E-state index in [-0.39, 0.29) is 5.91 Å². The molecule has 6 heteroatoms. The van der Waals surface area contributed by atoms with Crippen LogP contribution in [0.25, 0.3) is 0 Å². The summed E-state index contributed by atoms with van der Waals surface area (Å²) in [5.74, 6) is -0.0146. The number of anilines is 2. The minimum absolute atomic E-state index is 0.0146. The summed E-state index contributed by atoms with van der Waals surface area (Å²) < 4.78 is 1.08. The molecule has 0 saturated heterocycles. The van der Waals surface area contributed by atoms with Gasteiger partial charge in [-0.2, -0.15) is 0 Å². The summed E-state index contributed by atoms with van der Waals surface area (Å²) in [7, 11) is 0. The van der Waals surface area contributed by atoms with Gasteiger partial charge in [-0.05, 0) is 45.6 Å². The van der Waals surface area contributed by atoms with Crippen LogP contribution in [-0.4, -0.2) is 5.91 Å². The molecule has 0 aliphatic heterocycles. The fraction of sp³-hybridized carbons (Fsp3) is 0.214. The zero-order chi connectivity index (χ0) is 14.5. The minimum atomic E-state index is -0.0146. The van der Waals surface area contributed by atoms with Crippen LogP contribution in [0.4, 0.5) is 11.4 Å². The Kier molecular flexibility index (Phi) is 5.46. The van der Waals surface area contributed by atoms with Crippen molar-refractivity contribution in [3.05, 3.63) is 44.0 Å². The molecular weight excluding hydrogens is 360 g/mol. The molecule has 0 aliphatic rings. The summed E-state index contributed by atoms with van der Waals surface area (Å²) in [6, 6.07) is 7.43. The number of hydrogen-bond acceptors (Lipinski definition) is 3. The number of rotatable bonds is 5. The Hall–Kier alpha value is -1.04. The monoisotopic (exact) mass is 372 g/mol. The number of thiophene rings is 1. The van der Waals surface area contributed by atoms with E-state index in [0.717, 1.165) is 15.8 Å². The predicted molar refractivity (Wildman–Crippen MR) is 89.7 cm³/mol. The molecule has 1 amide bonds. The van der Waals surface area contributed by atoms with Gasteiger partial charge in [-0.1, -0.05) is 18.5 Å². The normalized spacial score (nSPS) is 10.3. The minimum Gasteiger partial charge on any atom is -0.379 e. The summed E-state index contributed by atoms with van der Waals surface area (Å²) in [4.78, 5) is 12.6. The SMILES string of the molecule is CCC(=O)Nc1ccc(Cl)c(NCc2sccc2Br)c1. The van der Waals surface area contributed by atoms with Crippen LogP contribution in [0.5, 0.6) is 0 Å². The third-order valence-electron chi connectivity index (χ3n) is 2.70. The van der Waals surface area contributed by atoms with E-state index in [0.29, 0.717) is 18.0 Å².